The molecule has 0 aliphatic rings. The minimum absolute atomic E-state index is 0.0973. The molecule has 8 nitrogen and oxygen atoms in total. The van der Waals surface area contributed by atoms with Gasteiger partial charge in [-0.1, -0.05) is 0 Å². The van der Waals surface area contributed by atoms with E-state index in [1.807, 2.05) is 0 Å². The summed E-state index contributed by atoms with van der Waals surface area (Å²) < 4.78 is 23.0. The quantitative estimate of drug-likeness (QED) is 0.584. The highest BCUT2D eigenvalue weighted by Crippen LogP contribution is 2.21. The number of nitrogens with two attached hydrogens (primary N) is 1. The van der Waals surface area contributed by atoms with Crippen molar-refractivity contribution < 1.29 is 18.1 Å². The Kier molecular flexibility index (Phi) is 4.79. The molecule has 3 N–H and O–H groups in total. The predicted molar refractivity (Wildman–Crippen MR) is 72.2 cm³/mol. The maximum Gasteiger partial charge on any atom is 0.271 e. The van der Waals surface area contributed by atoms with Crippen molar-refractivity contribution in [3.05, 3.63) is 33.9 Å². The summed E-state index contributed by atoms with van der Waals surface area (Å²) in [5.41, 5.74) is 4.80. The molecule has 20 heavy (non-hydrogen) atoms. The number of nitro benzene ring substituents is 1. The van der Waals surface area contributed by atoms with Crippen LogP contribution in [-0.4, -0.2) is 38.1 Å². The van der Waals surface area contributed by atoms with Crippen molar-refractivity contribution in [2.75, 3.05) is 12.8 Å². The fourth-order valence-corrected chi connectivity index (χ4v) is 2.08. The maximum absolute atomic E-state index is 11.9. The lowest BCUT2D eigenvalue weighted by Gasteiger charge is -2.11. The molecule has 0 aromatic heterocycles. The summed E-state index contributed by atoms with van der Waals surface area (Å²) in [6.07, 6.45) is 0.913. The number of carbonyl (C=O) groups is 1. The molecule has 1 aromatic rings. The molecular weight excluding hydrogens is 286 g/mol. The van der Waals surface area contributed by atoms with Crippen LogP contribution in [0.4, 0.5) is 5.69 Å². The van der Waals surface area contributed by atoms with Crippen molar-refractivity contribution >= 4 is 21.4 Å². The number of hydrogen-bond donors (Lipinski definition) is 2. The van der Waals surface area contributed by atoms with E-state index in [-0.39, 0.29) is 23.0 Å². The monoisotopic (exact) mass is 301 g/mol. The van der Waals surface area contributed by atoms with Gasteiger partial charge in [-0.3, -0.25) is 14.9 Å². The first-order valence-corrected chi connectivity index (χ1v) is 7.54. The Hall–Kier alpha value is -2.00. The van der Waals surface area contributed by atoms with Crippen molar-refractivity contribution in [3.8, 4) is 0 Å². The average Bonchev–Trinajstić information content (AvgIpc) is 2.36. The summed E-state index contributed by atoms with van der Waals surface area (Å²) in [5, 5.41) is 13.3. The molecule has 0 unspecified atom stereocenters. The molecule has 0 heterocycles. The molecule has 1 amide bonds. The van der Waals surface area contributed by atoms with Gasteiger partial charge < -0.3 is 11.1 Å². The highest BCUT2D eigenvalue weighted by atomic mass is 32.2. The molecule has 1 rings (SSSR count). The molecule has 0 radical (unpaired) electrons. The van der Waals surface area contributed by atoms with Gasteiger partial charge in [0, 0.05) is 36.5 Å². The zero-order valence-corrected chi connectivity index (χ0v) is 11.8. The molecular formula is C11H15N3O5S. The third kappa shape index (κ3) is 4.00. The number of amides is 1. The van der Waals surface area contributed by atoms with E-state index < -0.39 is 26.4 Å². The molecule has 0 aliphatic heterocycles. The van der Waals surface area contributed by atoms with Crippen LogP contribution in [0.5, 0.6) is 0 Å². The first-order chi connectivity index (χ1) is 9.15. The topological polar surface area (TPSA) is 132 Å². The normalized spacial score (nSPS) is 12.8. The van der Waals surface area contributed by atoms with E-state index in [0.717, 1.165) is 24.5 Å². The van der Waals surface area contributed by atoms with Crippen LogP contribution in [0.3, 0.4) is 0 Å². The van der Waals surface area contributed by atoms with E-state index in [9.17, 15) is 23.3 Å². The van der Waals surface area contributed by atoms with Gasteiger partial charge >= 0.3 is 0 Å². The SMILES string of the molecule is C[C@@H](CN)NC(=O)c1cc([N+](=O)[O-])cc(S(C)(=O)=O)c1. The molecule has 1 aromatic carbocycles. The van der Waals surface area contributed by atoms with Gasteiger partial charge in [-0.15, -0.1) is 0 Å². The number of nitro groups is 1. The van der Waals surface area contributed by atoms with Crippen molar-refractivity contribution in [1.29, 1.82) is 0 Å². The first-order valence-electron chi connectivity index (χ1n) is 5.65. The highest BCUT2D eigenvalue weighted by molar-refractivity contribution is 7.90. The van der Waals surface area contributed by atoms with Crippen LogP contribution in [0.15, 0.2) is 23.1 Å². The third-order valence-electron chi connectivity index (χ3n) is 2.52. The third-order valence-corrected chi connectivity index (χ3v) is 3.62. The van der Waals surface area contributed by atoms with E-state index in [1.54, 1.807) is 6.92 Å². The highest BCUT2D eigenvalue weighted by Gasteiger charge is 2.19. The van der Waals surface area contributed by atoms with Gasteiger partial charge in [0.25, 0.3) is 11.6 Å². The minimum Gasteiger partial charge on any atom is -0.348 e. The molecule has 0 spiro atoms. The first kappa shape index (κ1) is 16.1. The Bertz CT molecular complexity index is 641. The number of rotatable bonds is 5. The van der Waals surface area contributed by atoms with Crippen LogP contribution in [-0.2, 0) is 9.84 Å². The zero-order valence-electron chi connectivity index (χ0n) is 11.0. The van der Waals surface area contributed by atoms with Gasteiger partial charge in [0.1, 0.15) is 0 Å². The molecule has 0 saturated heterocycles. The number of nitrogens with one attached hydrogen (secondary N) is 1. The van der Waals surface area contributed by atoms with Crippen LogP contribution < -0.4 is 11.1 Å². The second kappa shape index (κ2) is 5.97. The lowest BCUT2D eigenvalue weighted by Crippen LogP contribution is -2.37. The Morgan fingerprint density at radius 3 is 2.50 bits per heavy atom. The molecule has 0 aliphatic carbocycles. The summed E-state index contributed by atoms with van der Waals surface area (Å²) in [6.45, 7) is 1.85. The molecule has 1 atom stereocenters. The fraction of sp³-hybridized carbons (Fsp3) is 0.364. The van der Waals surface area contributed by atoms with Gasteiger partial charge in [0.05, 0.1) is 9.82 Å². The smallest absolute Gasteiger partial charge is 0.271 e. The summed E-state index contributed by atoms with van der Waals surface area (Å²) in [4.78, 5) is 21.6. The standard InChI is InChI=1S/C11H15N3O5S/c1-7(6-12)13-11(15)8-3-9(14(16)17)5-10(4-8)20(2,18)19/h3-5,7H,6,12H2,1-2H3,(H,13,15)/t7-/m0/s1. The largest absolute Gasteiger partial charge is 0.348 e. The van der Waals surface area contributed by atoms with Gasteiger partial charge in [-0.05, 0) is 13.0 Å². The van der Waals surface area contributed by atoms with Crippen molar-refractivity contribution in [1.82, 2.24) is 5.32 Å². The number of nitrogens with zero attached hydrogens (tertiary/aromatic N) is 1. The van der Waals surface area contributed by atoms with E-state index in [2.05, 4.69) is 5.32 Å². The second-order valence-electron chi connectivity index (χ2n) is 4.36. The number of non-ortho nitro benzene ring substituents is 1. The van der Waals surface area contributed by atoms with E-state index in [1.165, 1.54) is 0 Å². The Morgan fingerprint density at radius 1 is 1.45 bits per heavy atom. The van der Waals surface area contributed by atoms with E-state index >= 15 is 0 Å². The van der Waals surface area contributed by atoms with Gasteiger partial charge in [0.2, 0.25) is 0 Å². The van der Waals surface area contributed by atoms with Crippen molar-refractivity contribution in [2.45, 2.75) is 17.9 Å². The molecule has 9 heteroatoms. The molecule has 0 bridgehead atoms. The number of hydrogen-bond acceptors (Lipinski definition) is 6. The van der Waals surface area contributed by atoms with E-state index in [4.69, 9.17) is 5.73 Å². The number of sulfone groups is 1. The maximum atomic E-state index is 11.9. The van der Waals surface area contributed by atoms with Gasteiger partial charge in [-0.25, -0.2) is 8.42 Å². The fourth-order valence-electron chi connectivity index (χ4n) is 1.40. The summed E-state index contributed by atoms with van der Waals surface area (Å²) in [7, 11) is -3.66. The second-order valence-corrected chi connectivity index (χ2v) is 6.37. The minimum atomic E-state index is -3.66. The van der Waals surface area contributed by atoms with Crippen molar-refractivity contribution in [3.63, 3.8) is 0 Å². The summed E-state index contributed by atoms with van der Waals surface area (Å²) in [6, 6.07) is 2.70. The number of benzene rings is 1. The molecule has 110 valence electrons. The van der Waals surface area contributed by atoms with Crippen LogP contribution in [0.1, 0.15) is 17.3 Å². The summed E-state index contributed by atoms with van der Waals surface area (Å²) in [5.74, 6) is -0.614. The van der Waals surface area contributed by atoms with Crippen LogP contribution in [0, 0.1) is 10.1 Å². The lowest BCUT2D eigenvalue weighted by molar-refractivity contribution is -0.385. The van der Waals surface area contributed by atoms with Crippen LogP contribution in [0.2, 0.25) is 0 Å². The van der Waals surface area contributed by atoms with Gasteiger partial charge in [0.15, 0.2) is 9.84 Å². The Labute approximate surface area is 116 Å². The Morgan fingerprint density at radius 2 is 2.05 bits per heavy atom. The summed E-state index contributed by atoms with van der Waals surface area (Å²) >= 11 is 0. The van der Waals surface area contributed by atoms with Gasteiger partial charge in [-0.2, -0.15) is 0 Å². The average molecular weight is 301 g/mol. The Balaban J connectivity index is 3.29. The molecule has 0 fully saturated rings. The predicted octanol–water partition coefficient (Wildman–Crippen LogP) is 0.0753. The lowest BCUT2D eigenvalue weighted by atomic mass is 10.1. The molecule has 0 saturated carbocycles. The zero-order chi connectivity index (χ0) is 15.5. The van der Waals surface area contributed by atoms with Crippen LogP contribution in [0.25, 0.3) is 0 Å². The van der Waals surface area contributed by atoms with Crippen LogP contribution >= 0.6 is 0 Å². The van der Waals surface area contributed by atoms with E-state index in [0.29, 0.717) is 0 Å². The number of carbonyl (C=O) groups excluding carboxylic acids is 1. The van der Waals surface area contributed by atoms with Crippen molar-refractivity contribution in [2.24, 2.45) is 5.73 Å².